The highest BCUT2D eigenvalue weighted by Crippen LogP contribution is 2.14. The van der Waals surface area contributed by atoms with Crippen LogP contribution >= 0.6 is 0 Å². The lowest BCUT2D eigenvalue weighted by molar-refractivity contribution is -0.122. The SMILES string of the molecule is NCC(C(=O)NCc1ccncn1)c1ccccc1. The summed E-state index contributed by atoms with van der Waals surface area (Å²) in [6, 6.07) is 11.3. The third-order valence-electron chi connectivity index (χ3n) is 2.84. The van der Waals surface area contributed by atoms with Crippen molar-refractivity contribution in [1.82, 2.24) is 15.3 Å². The van der Waals surface area contributed by atoms with E-state index >= 15 is 0 Å². The Kier molecular flexibility index (Phi) is 4.58. The van der Waals surface area contributed by atoms with Crippen LogP contribution < -0.4 is 11.1 Å². The highest BCUT2D eigenvalue weighted by Gasteiger charge is 2.18. The number of nitrogens with zero attached hydrogens (tertiary/aromatic N) is 2. The quantitative estimate of drug-likeness (QED) is 0.830. The van der Waals surface area contributed by atoms with Crippen LogP contribution in [0, 0.1) is 0 Å². The first kappa shape index (κ1) is 13.2. The van der Waals surface area contributed by atoms with E-state index in [0.29, 0.717) is 6.54 Å². The number of hydrogen-bond donors (Lipinski definition) is 2. The predicted molar refractivity (Wildman–Crippen MR) is 72.1 cm³/mol. The number of hydrogen-bond acceptors (Lipinski definition) is 4. The average molecular weight is 256 g/mol. The summed E-state index contributed by atoms with van der Waals surface area (Å²) in [6.45, 7) is 0.657. The molecule has 0 saturated carbocycles. The Morgan fingerprint density at radius 3 is 2.68 bits per heavy atom. The fourth-order valence-electron chi connectivity index (χ4n) is 1.80. The molecule has 98 valence electrons. The summed E-state index contributed by atoms with van der Waals surface area (Å²) in [5, 5.41) is 2.84. The number of benzene rings is 1. The van der Waals surface area contributed by atoms with Crippen molar-refractivity contribution < 1.29 is 4.79 Å². The van der Waals surface area contributed by atoms with Crippen LogP contribution in [0.2, 0.25) is 0 Å². The second-order valence-corrected chi connectivity index (χ2v) is 4.12. The fourth-order valence-corrected chi connectivity index (χ4v) is 1.80. The van der Waals surface area contributed by atoms with Crippen LogP contribution in [0.15, 0.2) is 48.9 Å². The van der Waals surface area contributed by atoms with Gasteiger partial charge in [-0.25, -0.2) is 9.97 Å². The minimum Gasteiger partial charge on any atom is -0.350 e. The van der Waals surface area contributed by atoms with Gasteiger partial charge < -0.3 is 11.1 Å². The first-order valence-corrected chi connectivity index (χ1v) is 6.09. The van der Waals surface area contributed by atoms with E-state index in [1.807, 2.05) is 30.3 Å². The number of carbonyl (C=O) groups excluding carboxylic acids is 1. The molecule has 5 heteroatoms. The Morgan fingerprint density at radius 2 is 2.05 bits per heavy atom. The van der Waals surface area contributed by atoms with Crippen LogP contribution in [0.25, 0.3) is 0 Å². The second kappa shape index (κ2) is 6.61. The number of amides is 1. The molecule has 1 unspecified atom stereocenters. The van der Waals surface area contributed by atoms with Gasteiger partial charge in [0.2, 0.25) is 5.91 Å². The monoisotopic (exact) mass is 256 g/mol. The molecule has 1 amide bonds. The fraction of sp³-hybridized carbons (Fsp3) is 0.214. The highest BCUT2D eigenvalue weighted by atomic mass is 16.1. The molecule has 1 atom stereocenters. The summed E-state index contributed by atoms with van der Waals surface area (Å²) in [5.74, 6) is -0.421. The van der Waals surface area contributed by atoms with E-state index in [0.717, 1.165) is 11.3 Å². The molecule has 2 aromatic rings. The minimum absolute atomic E-state index is 0.0905. The van der Waals surface area contributed by atoms with Crippen LogP contribution in [0.5, 0.6) is 0 Å². The van der Waals surface area contributed by atoms with E-state index in [-0.39, 0.29) is 18.4 Å². The maximum Gasteiger partial charge on any atom is 0.229 e. The number of rotatable bonds is 5. The first-order valence-electron chi connectivity index (χ1n) is 6.09. The minimum atomic E-state index is -0.331. The van der Waals surface area contributed by atoms with Gasteiger partial charge in [-0.05, 0) is 11.6 Å². The van der Waals surface area contributed by atoms with E-state index in [1.54, 1.807) is 12.3 Å². The largest absolute Gasteiger partial charge is 0.350 e. The van der Waals surface area contributed by atoms with Gasteiger partial charge in [0.05, 0.1) is 18.2 Å². The first-order chi connectivity index (χ1) is 9.31. The number of nitrogens with two attached hydrogens (primary N) is 1. The summed E-state index contributed by atoms with van der Waals surface area (Å²) in [6.07, 6.45) is 3.10. The number of nitrogens with one attached hydrogen (secondary N) is 1. The van der Waals surface area contributed by atoms with Crippen molar-refractivity contribution in [3.8, 4) is 0 Å². The van der Waals surface area contributed by atoms with Gasteiger partial charge in [-0.3, -0.25) is 4.79 Å². The molecule has 0 saturated heterocycles. The van der Waals surface area contributed by atoms with Crippen molar-refractivity contribution in [2.24, 2.45) is 5.73 Å². The summed E-state index contributed by atoms with van der Waals surface area (Å²) >= 11 is 0. The van der Waals surface area contributed by atoms with E-state index in [1.165, 1.54) is 6.33 Å². The normalized spacial score (nSPS) is 11.8. The highest BCUT2D eigenvalue weighted by molar-refractivity contribution is 5.83. The van der Waals surface area contributed by atoms with Crippen LogP contribution in [-0.2, 0) is 11.3 Å². The van der Waals surface area contributed by atoms with Crippen molar-refractivity contribution in [3.05, 3.63) is 60.2 Å². The van der Waals surface area contributed by atoms with Gasteiger partial charge in [0.25, 0.3) is 0 Å². The average Bonchev–Trinajstić information content (AvgIpc) is 2.48. The molecule has 1 aromatic carbocycles. The lowest BCUT2D eigenvalue weighted by Gasteiger charge is -2.15. The molecule has 0 radical (unpaired) electrons. The topological polar surface area (TPSA) is 80.9 Å². The Morgan fingerprint density at radius 1 is 1.26 bits per heavy atom. The standard InChI is InChI=1S/C14H16N4O/c15-8-13(11-4-2-1-3-5-11)14(19)17-9-12-6-7-16-10-18-12/h1-7,10,13H,8-9,15H2,(H,17,19). The van der Waals surface area contributed by atoms with Crippen molar-refractivity contribution in [3.63, 3.8) is 0 Å². The molecular weight excluding hydrogens is 240 g/mol. The maximum absolute atomic E-state index is 12.1. The van der Waals surface area contributed by atoms with E-state index in [4.69, 9.17) is 5.73 Å². The van der Waals surface area contributed by atoms with Crippen molar-refractivity contribution in [2.75, 3.05) is 6.54 Å². The van der Waals surface area contributed by atoms with Crippen LogP contribution in [0.3, 0.4) is 0 Å². The van der Waals surface area contributed by atoms with Gasteiger partial charge >= 0.3 is 0 Å². The zero-order valence-corrected chi connectivity index (χ0v) is 10.5. The number of aromatic nitrogens is 2. The summed E-state index contributed by atoms with van der Waals surface area (Å²) in [5.41, 5.74) is 7.38. The molecule has 2 rings (SSSR count). The molecule has 0 aliphatic heterocycles. The van der Waals surface area contributed by atoms with Crippen LogP contribution in [0.1, 0.15) is 17.2 Å². The molecule has 3 N–H and O–H groups in total. The third-order valence-corrected chi connectivity index (χ3v) is 2.84. The molecule has 0 fully saturated rings. The number of carbonyl (C=O) groups is 1. The molecule has 0 aliphatic rings. The molecule has 1 aromatic heterocycles. The Bertz CT molecular complexity index is 515. The molecule has 0 bridgehead atoms. The van der Waals surface area contributed by atoms with Crippen molar-refractivity contribution >= 4 is 5.91 Å². The lowest BCUT2D eigenvalue weighted by Crippen LogP contribution is -2.33. The molecular formula is C14H16N4O. The van der Waals surface area contributed by atoms with E-state index in [2.05, 4.69) is 15.3 Å². The zero-order chi connectivity index (χ0) is 13.5. The smallest absolute Gasteiger partial charge is 0.229 e. The Hall–Kier alpha value is -2.27. The molecule has 0 spiro atoms. The van der Waals surface area contributed by atoms with Crippen molar-refractivity contribution in [2.45, 2.75) is 12.5 Å². The Labute approximate surface area is 111 Å². The van der Waals surface area contributed by atoms with Gasteiger partial charge in [0.15, 0.2) is 0 Å². The second-order valence-electron chi connectivity index (χ2n) is 4.12. The van der Waals surface area contributed by atoms with Crippen LogP contribution in [-0.4, -0.2) is 22.4 Å². The lowest BCUT2D eigenvalue weighted by atomic mass is 9.98. The zero-order valence-electron chi connectivity index (χ0n) is 10.5. The third kappa shape index (κ3) is 3.59. The summed E-state index contributed by atoms with van der Waals surface area (Å²) in [7, 11) is 0. The van der Waals surface area contributed by atoms with E-state index < -0.39 is 0 Å². The van der Waals surface area contributed by atoms with Gasteiger partial charge in [-0.2, -0.15) is 0 Å². The molecule has 0 aliphatic carbocycles. The van der Waals surface area contributed by atoms with Crippen LogP contribution in [0.4, 0.5) is 0 Å². The summed E-state index contributed by atoms with van der Waals surface area (Å²) in [4.78, 5) is 20.0. The molecule has 1 heterocycles. The maximum atomic E-state index is 12.1. The summed E-state index contributed by atoms with van der Waals surface area (Å²) < 4.78 is 0. The Balaban J connectivity index is 1.98. The molecule has 5 nitrogen and oxygen atoms in total. The van der Waals surface area contributed by atoms with E-state index in [9.17, 15) is 4.79 Å². The predicted octanol–water partition coefficient (Wildman–Crippen LogP) is 0.835. The molecule has 19 heavy (non-hydrogen) atoms. The van der Waals surface area contributed by atoms with Gasteiger partial charge in [0.1, 0.15) is 6.33 Å². The van der Waals surface area contributed by atoms with Gasteiger partial charge in [-0.15, -0.1) is 0 Å². The van der Waals surface area contributed by atoms with Gasteiger partial charge in [-0.1, -0.05) is 30.3 Å². The van der Waals surface area contributed by atoms with Gasteiger partial charge in [0, 0.05) is 12.7 Å². The van der Waals surface area contributed by atoms with Crippen molar-refractivity contribution in [1.29, 1.82) is 0 Å².